The fourth-order valence-corrected chi connectivity index (χ4v) is 3.22. The summed E-state index contributed by atoms with van der Waals surface area (Å²) in [5.41, 5.74) is 2.28. The topological polar surface area (TPSA) is 67.2 Å². The van der Waals surface area contributed by atoms with Gasteiger partial charge in [-0.3, -0.25) is 9.48 Å². The minimum atomic E-state index is -0.0654. The summed E-state index contributed by atoms with van der Waals surface area (Å²) in [4.78, 5) is 12.7. The number of rotatable bonds is 4. The number of aryl methyl sites for hydroxylation is 1. The summed E-state index contributed by atoms with van der Waals surface area (Å²) in [6.45, 7) is 0.251. The van der Waals surface area contributed by atoms with E-state index in [1.807, 2.05) is 37.4 Å². The van der Waals surface area contributed by atoms with Crippen LogP contribution in [0.2, 0.25) is 0 Å². The number of nitrogens with zero attached hydrogens (tertiary/aromatic N) is 2. The van der Waals surface area contributed by atoms with Crippen LogP contribution in [0.3, 0.4) is 0 Å². The van der Waals surface area contributed by atoms with Gasteiger partial charge >= 0.3 is 0 Å². The maximum atomic E-state index is 12.7. The third-order valence-electron chi connectivity index (χ3n) is 4.56. The summed E-state index contributed by atoms with van der Waals surface area (Å²) in [6.07, 6.45) is 5.58. The summed E-state index contributed by atoms with van der Waals surface area (Å²) in [7, 11) is 1.83. The van der Waals surface area contributed by atoms with E-state index in [1.165, 1.54) is 0 Å². The zero-order valence-electron chi connectivity index (χ0n) is 13.4. The highest BCUT2D eigenvalue weighted by Crippen LogP contribution is 2.25. The van der Waals surface area contributed by atoms with Crippen LogP contribution in [0.5, 0.6) is 0 Å². The molecule has 0 saturated heterocycles. The molecule has 3 rings (SSSR count). The summed E-state index contributed by atoms with van der Waals surface area (Å²) >= 11 is 0. The zero-order valence-corrected chi connectivity index (χ0v) is 13.4. The lowest BCUT2D eigenvalue weighted by Gasteiger charge is -2.27. The number of hydrogen-bond acceptors (Lipinski definition) is 3. The zero-order chi connectivity index (χ0) is 16.2. The van der Waals surface area contributed by atoms with Crippen LogP contribution in [0, 0.1) is 5.92 Å². The van der Waals surface area contributed by atoms with E-state index in [9.17, 15) is 9.90 Å². The Labute approximate surface area is 136 Å². The Kier molecular flexibility index (Phi) is 4.76. The molecule has 2 N–H and O–H groups in total. The molecule has 5 nitrogen and oxygen atoms in total. The van der Waals surface area contributed by atoms with Gasteiger partial charge in [-0.2, -0.15) is 5.10 Å². The number of hydrogen-bond donors (Lipinski definition) is 2. The highest BCUT2D eigenvalue weighted by Gasteiger charge is 2.24. The first-order valence-electron chi connectivity index (χ1n) is 8.18. The van der Waals surface area contributed by atoms with Gasteiger partial charge in [-0.25, -0.2) is 0 Å². The van der Waals surface area contributed by atoms with E-state index in [4.69, 9.17) is 0 Å². The quantitative estimate of drug-likeness (QED) is 0.910. The van der Waals surface area contributed by atoms with Gasteiger partial charge in [-0.15, -0.1) is 0 Å². The molecule has 0 aliphatic heterocycles. The predicted octanol–water partition coefficient (Wildman–Crippen LogP) is 2.37. The molecule has 0 radical (unpaired) electrons. The summed E-state index contributed by atoms with van der Waals surface area (Å²) in [5, 5.41) is 16.8. The third-order valence-corrected chi connectivity index (χ3v) is 4.56. The van der Waals surface area contributed by atoms with Crippen LogP contribution in [0.15, 0.2) is 36.5 Å². The van der Waals surface area contributed by atoms with Crippen LogP contribution in [0.1, 0.15) is 36.0 Å². The molecule has 2 aromatic rings. The number of aromatic nitrogens is 2. The van der Waals surface area contributed by atoms with E-state index < -0.39 is 0 Å². The molecule has 0 atom stereocenters. The Morgan fingerprint density at radius 1 is 1.26 bits per heavy atom. The van der Waals surface area contributed by atoms with Crippen molar-refractivity contribution >= 4 is 5.91 Å². The fourth-order valence-electron chi connectivity index (χ4n) is 3.22. The lowest BCUT2D eigenvalue weighted by molar-refractivity contribution is 0.0914. The van der Waals surface area contributed by atoms with Crippen LogP contribution >= 0.6 is 0 Å². The molecule has 0 unspecified atom stereocenters. The van der Waals surface area contributed by atoms with Gasteiger partial charge in [0, 0.05) is 31.5 Å². The number of carbonyl (C=O) groups excluding carboxylic acids is 1. The average Bonchev–Trinajstić information content (AvgIpc) is 2.98. The monoisotopic (exact) mass is 313 g/mol. The molecule has 1 aromatic heterocycles. The van der Waals surface area contributed by atoms with E-state index in [0.29, 0.717) is 11.5 Å². The van der Waals surface area contributed by atoms with Crippen molar-refractivity contribution < 1.29 is 9.90 Å². The third kappa shape index (κ3) is 3.62. The minimum Gasteiger partial charge on any atom is -0.396 e. The summed E-state index contributed by atoms with van der Waals surface area (Å²) < 4.78 is 1.68. The first-order valence-corrected chi connectivity index (χ1v) is 8.18. The SMILES string of the molecule is Cn1cc(C(=O)NC2CCC(CO)CC2)c(-c2ccccc2)n1. The molecule has 1 aromatic carbocycles. The van der Waals surface area contributed by atoms with Crippen LogP contribution in [0.25, 0.3) is 11.3 Å². The van der Waals surface area contributed by atoms with E-state index in [-0.39, 0.29) is 18.6 Å². The Bertz CT molecular complexity index is 658. The van der Waals surface area contributed by atoms with E-state index >= 15 is 0 Å². The van der Waals surface area contributed by atoms with Crippen LogP contribution in [-0.2, 0) is 7.05 Å². The number of benzene rings is 1. The van der Waals surface area contributed by atoms with E-state index in [2.05, 4.69) is 10.4 Å². The lowest BCUT2D eigenvalue weighted by atomic mass is 9.86. The molecule has 1 fully saturated rings. The Morgan fingerprint density at radius 2 is 1.96 bits per heavy atom. The largest absolute Gasteiger partial charge is 0.396 e. The van der Waals surface area contributed by atoms with Crippen molar-refractivity contribution in [1.29, 1.82) is 0 Å². The summed E-state index contributed by atoms with van der Waals surface area (Å²) in [6, 6.07) is 9.96. The van der Waals surface area contributed by atoms with Crippen LogP contribution < -0.4 is 5.32 Å². The van der Waals surface area contributed by atoms with Crippen molar-refractivity contribution in [3.63, 3.8) is 0 Å². The number of aliphatic hydroxyl groups is 1. The van der Waals surface area contributed by atoms with Crippen molar-refractivity contribution in [2.24, 2.45) is 13.0 Å². The lowest BCUT2D eigenvalue weighted by Crippen LogP contribution is -2.38. The van der Waals surface area contributed by atoms with Gasteiger partial charge in [-0.1, -0.05) is 30.3 Å². The number of aliphatic hydroxyl groups excluding tert-OH is 1. The molecular formula is C18H23N3O2. The molecule has 1 amide bonds. The molecule has 1 aliphatic rings. The maximum Gasteiger partial charge on any atom is 0.255 e. The van der Waals surface area contributed by atoms with Gasteiger partial charge in [-0.05, 0) is 31.6 Å². The molecule has 5 heteroatoms. The maximum absolute atomic E-state index is 12.7. The molecule has 23 heavy (non-hydrogen) atoms. The smallest absolute Gasteiger partial charge is 0.255 e. The first kappa shape index (κ1) is 15.7. The Hall–Kier alpha value is -2.14. The molecule has 122 valence electrons. The van der Waals surface area contributed by atoms with Crippen LogP contribution in [0.4, 0.5) is 0 Å². The average molecular weight is 313 g/mol. The van der Waals surface area contributed by atoms with E-state index in [1.54, 1.807) is 10.9 Å². The number of amides is 1. The molecule has 0 bridgehead atoms. The summed E-state index contributed by atoms with van der Waals surface area (Å²) in [5.74, 6) is 0.325. The van der Waals surface area contributed by atoms with E-state index in [0.717, 1.165) is 36.9 Å². The van der Waals surface area contributed by atoms with Gasteiger partial charge in [0.05, 0.1) is 5.56 Å². The molecular weight excluding hydrogens is 290 g/mol. The predicted molar refractivity (Wildman–Crippen MR) is 88.9 cm³/mol. The Morgan fingerprint density at radius 3 is 2.61 bits per heavy atom. The normalized spacial score (nSPS) is 21.1. The van der Waals surface area contributed by atoms with Crippen LogP contribution in [-0.4, -0.2) is 33.4 Å². The Balaban J connectivity index is 1.73. The second-order valence-corrected chi connectivity index (χ2v) is 6.30. The molecule has 1 aliphatic carbocycles. The number of nitrogens with one attached hydrogen (secondary N) is 1. The van der Waals surface area contributed by atoms with Crippen molar-refractivity contribution in [2.45, 2.75) is 31.7 Å². The van der Waals surface area contributed by atoms with Crippen molar-refractivity contribution in [3.05, 3.63) is 42.1 Å². The van der Waals surface area contributed by atoms with Crippen molar-refractivity contribution in [3.8, 4) is 11.3 Å². The van der Waals surface area contributed by atoms with Crippen molar-refractivity contribution in [2.75, 3.05) is 6.61 Å². The minimum absolute atomic E-state index is 0.0654. The molecule has 0 spiro atoms. The second kappa shape index (κ2) is 6.96. The van der Waals surface area contributed by atoms with Gasteiger partial charge in [0.15, 0.2) is 0 Å². The molecule has 1 heterocycles. The van der Waals surface area contributed by atoms with Crippen molar-refractivity contribution in [1.82, 2.24) is 15.1 Å². The van der Waals surface area contributed by atoms with Gasteiger partial charge in [0.1, 0.15) is 5.69 Å². The van der Waals surface area contributed by atoms with Gasteiger partial charge < -0.3 is 10.4 Å². The standard InChI is InChI=1S/C18H23N3O2/c1-21-11-16(17(20-21)14-5-3-2-4-6-14)18(23)19-15-9-7-13(12-22)8-10-15/h2-6,11,13,15,22H,7-10,12H2,1H3,(H,19,23). The van der Waals surface area contributed by atoms with Gasteiger partial charge in [0.25, 0.3) is 5.91 Å². The highest BCUT2D eigenvalue weighted by atomic mass is 16.3. The molecule has 1 saturated carbocycles. The fraction of sp³-hybridized carbons (Fsp3) is 0.444. The first-order chi connectivity index (χ1) is 11.2. The second-order valence-electron chi connectivity index (χ2n) is 6.30. The number of carbonyl (C=O) groups is 1. The van der Waals surface area contributed by atoms with Gasteiger partial charge in [0.2, 0.25) is 0 Å². The highest BCUT2D eigenvalue weighted by molar-refractivity contribution is 5.99.